The minimum atomic E-state index is -3.42. The molecule has 4 nitrogen and oxygen atoms in total. The molecule has 6 heteroatoms. The monoisotopic (exact) mass is 316 g/mol. The van der Waals surface area contributed by atoms with E-state index in [9.17, 15) is 8.42 Å². The number of sulfonamides is 1. The van der Waals surface area contributed by atoms with E-state index in [1.165, 1.54) is 15.6 Å². The smallest absolute Gasteiger partial charge is 0.244 e. The van der Waals surface area contributed by atoms with Gasteiger partial charge in [0.1, 0.15) is 0 Å². The Bertz CT molecular complexity index is 562. The highest BCUT2D eigenvalue weighted by atomic mass is 32.2. The summed E-state index contributed by atoms with van der Waals surface area (Å²) < 4.78 is 26.4. The summed E-state index contributed by atoms with van der Waals surface area (Å²) in [4.78, 5) is 2.31. The van der Waals surface area contributed by atoms with Gasteiger partial charge in [0.05, 0.1) is 4.90 Å². The molecule has 1 aromatic rings. The van der Waals surface area contributed by atoms with Gasteiger partial charge in [-0.25, -0.2) is 8.42 Å². The number of nitrogens with zero attached hydrogens (tertiary/aromatic N) is 1. The van der Waals surface area contributed by atoms with E-state index in [1.54, 1.807) is 13.1 Å². The molecule has 0 aromatic carbocycles. The van der Waals surface area contributed by atoms with Crippen LogP contribution in [0, 0.1) is 6.92 Å². The molecule has 1 heterocycles. The fourth-order valence-corrected chi connectivity index (χ4v) is 4.69. The zero-order valence-corrected chi connectivity index (χ0v) is 14.3. The van der Waals surface area contributed by atoms with Gasteiger partial charge in [0.25, 0.3) is 0 Å². The number of likely N-dealkylation sites (N-methyl/N-ethyl adjacent to an activating group) is 1. The average Bonchev–Trinajstić information content (AvgIpc) is 2.70. The van der Waals surface area contributed by atoms with Crippen molar-refractivity contribution in [3.05, 3.63) is 28.0 Å². The Morgan fingerprint density at radius 1 is 1.50 bits per heavy atom. The Morgan fingerprint density at radius 3 is 2.70 bits per heavy atom. The molecule has 1 rings (SSSR count). The van der Waals surface area contributed by atoms with Crippen LogP contribution in [-0.2, 0) is 16.6 Å². The molecule has 0 aliphatic rings. The molecule has 1 N–H and O–H groups in total. The first-order chi connectivity index (χ1) is 9.28. The largest absolute Gasteiger partial charge is 0.312 e. The second-order valence-electron chi connectivity index (χ2n) is 5.03. The van der Waals surface area contributed by atoms with E-state index in [-0.39, 0.29) is 0 Å². The lowest BCUT2D eigenvalue weighted by atomic mass is 10.4. The van der Waals surface area contributed by atoms with Crippen LogP contribution in [0.3, 0.4) is 0 Å². The fourth-order valence-electron chi connectivity index (χ4n) is 1.89. The highest BCUT2D eigenvalue weighted by molar-refractivity contribution is 7.89. The van der Waals surface area contributed by atoms with Gasteiger partial charge in [-0.2, -0.15) is 4.31 Å². The molecular formula is C14H24N2O2S2. The van der Waals surface area contributed by atoms with Gasteiger partial charge in [0.15, 0.2) is 0 Å². The molecule has 0 atom stereocenters. The van der Waals surface area contributed by atoms with Crippen LogP contribution in [0.2, 0.25) is 0 Å². The molecule has 0 spiro atoms. The molecule has 0 fully saturated rings. The minimum Gasteiger partial charge on any atom is -0.312 e. The summed E-state index contributed by atoms with van der Waals surface area (Å²) in [6, 6.07) is 1.78. The van der Waals surface area contributed by atoms with Crippen LogP contribution < -0.4 is 5.32 Å². The van der Waals surface area contributed by atoms with E-state index < -0.39 is 10.0 Å². The molecule has 0 aliphatic heterocycles. The van der Waals surface area contributed by atoms with Crippen molar-refractivity contribution in [3.63, 3.8) is 0 Å². The zero-order valence-electron chi connectivity index (χ0n) is 12.7. The number of hydrogen-bond acceptors (Lipinski definition) is 4. The van der Waals surface area contributed by atoms with Crippen LogP contribution >= 0.6 is 11.3 Å². The lowest BCUT2D eigenvalue weighted by Crippen LogP contribution is -2.28. The molecule has 0 amide bonds. The lowest BCUT2D eigenvalue weighted by Gasteiger charge is -2.16. The average molecular weight is 316 g/mol. The minimum absolute atomic E-state index is 0.348. The fraction of sp³-hybridized carbons (Fsp3) is 0.571. The third kappa shape index (κ3) is 4.41. The van der Waals surface area contributed by atoms with Crippen molar-refractivity contribution >= 4 is 21.4 Å². The Labute approximate surface area is 126 Å². The zero-order chi connectivity index (χ0) is 15.3. The van der Waals surface area contributed by atoms with Gasteiger partial charge in [-0.05, 0) is 32.9 Å². The van der Waals surface area contributed by atoms with Gasteiger partial charge in [-0.3, -0.25) is 0 Å². The molecule has 0 saturated heterocycles. The first-order valence-electron chi connectivity index (χ1n) is 6.69. The summed E-state index contributed by atoms with van der Waals surface area (Å²) in [7, 11) is -1.83. The van der Waals surface area contributed by atoms with Gasteiger partial charge in [-0.15, -0.1) is 11.3 Å². The number of thiophene rings is 1. The summed E-state index contributed by atoms with van der Waals surface area (Å²) >= 11 is 1.54. The number of rotatable bonds is 8. The second-order valence-corrected chi connectivity index (χ2v) is 8.38. The van der Waals surface area contributed by atoms with E-state index in [0.717, 1.165) is 34.8 Å². The number of nitrogens with one attached hydrogen (secondary N) is 1. The van der Waals surface area contributed by atoms with Gasteiger partial charge < -0.3 is 5.32 Å². The van der Waals surface area contributed by atoms with Crippen molar-refractivity contribution in [1.29, 1.82) is 0 Å². The van der Waals surface area contributed by atoms with Crippen LogP contribution in [0.15, 0.2) is 23.1 Å². The summed E-state index contributed by atoms with van der Waals surface area (Å²) in [6.07, 6.45) is 1.07. The Kier molecular flexibility index (Phi) is 6.39. The van der Waals surface area contributed by atoms with Crippen LogP contribution in [0.25, 0.3) is 0 Å². The molecule has 0 bridgehead atoms. The third-order valence-electron chi connectivity index (χ3n) is 2.83. The number of hydrogen-bond donors (Lipinski definition) is 1. The summed E-state index contributed by atoms with van der Waals surface area (Å²) in [5.41, 5.74) is 0.828. The van der Waals surface area contributed by atoms with Crippen molar-refractivity contribution in [2.45, 2.75) is 38.6 Å². The molecule has 0 radical (unpaired) electrons. The van der Waals surface area contributed by atoms with Crippen molar-refractivity contribution in [3.8, 4) is 0 Å². The maximum atomic E-state index is 12.5. The molecule has 0 aliphatic carbocycles. The maximum Gasteiger partial charge on any atom is 0.244 e. The third-order valence-corrected chi connectivity index (χ3v) is 5.94. The Morgan fingerprint density at radius 2 is 2.15 bits per heavy atom. The highest BCUT2D eigenvalue weighted by Gasteiger charge is 2.24. The molecule has 114 valence electrons. The van der Waals surface area contributed by atoms with E-state index in [1.807, 2.05) is 13.8 Å². The quantitative estimate of drug-likeness (QED) is 0.592. The topological polar surface area (TPSA) is 49.4 Å². The van der Waals surface area contributed by atoms with Gasteiger partial charge in [0.2, 0.25) is 10.0 Å². The molecule has 20 heavy (non-hydrogen) atoms. The van der Waals surface area contributed by atoms with Crippen LogP contribution in [0.1, 0.15) is 30.0 Å². The van der Waals surface area contributed by atoms with Gasteiger partial charge >= 0.3 is 0 Å². The van der Waals surface area contributed by atoms with E-state index >= 15 is 0 Å². The highest BCUT2D eigenvalue weighted by Crippen LogP contribution is 2.28. The predicted octanol–water partition coefficient (Wildman–Crippen LogP) is 2.75. The van der Waals surface area contributed by atoms with Crippen molar-refractivity contribution in [2.75, 3.05) is 20.1 Å². The Hall–Kier alpha value is -0.690. The second kappa shape index (κ2) is 7.36. The van der Waals surface area contributed by atoms with Crippen LogP contribution in [0.4, 0.5) is 0 Å². The van der Waals surface area contributed by atoms with E-state index in [0.29, 0.717) is 11.4 Å². The number of aryl methyl sites for hydroxylation is 1. The van der Waals surface area contributed by atoms with E-state index in [4.69, 9.17) is 0 Å². The standard InChI is InChI=1S/C14H24N2O2S2/c1-6-7-15-9-13-8-14(12(4)19-13)20(17,18)16(5)10-11(2)3/h8,15H,2,6-7,9-10H2,1,3-5H3. The molecule has 0 unspecified atom stereocenters. The lowest BCUT2D eigenvalue weighted by molar-refractivity contribution is 0.493. The van der Waals surface area contributed by atoms with Gasteiger partial charge in [0, 0.05) is 29.9 Å². The van der Waals surface area contributed by atoms with Gasteiger partial charge in [-0.1, -0.05) is 19.1 Å². The maximum absolute atomic E-state index is 12.5. The normalized spacial score (nSPS) is 12.1. The summed E-state index contributed by atoms with van der Waals surface area (Å²) in [6.45, 7) is 11.6. The van der Waals surface area contributed by atoms with Crippen molar-refractivity contribution in [2.24, 2.45) is 0 Å². The van der Waals surface area contributed by atoms with Crippen molar-refractivity contribution in [1.82, 2.24) is 9.62 Å². The van der Waals surface area contributed by atoms with Crippen LogP contribution in [-0.4, -0.2) is 32.9 Å². The first kappa shape index (κ1) is 17.4. The summed E-state index contributed by atoms with van der Waals surface area (Å²) in [5, 5.41) is 3.29. The molecule has 0 saturated carbocycles. The molecular weight excluding hydrogens is 292 g/mol. The summed E-state index contributed by atoms with van der Waals surface area (Å²) in [5.74, 6) is 0. The SMILES string of the molecule is C=C(C)CN(C)S(=O)(=O)c1cc(CNCCC)sc1C. The Balaban J connectivity index is 2.92. The predicted molar refractivity (Wildman–Crippen MR) is 85.7 cm³/mol. The van der Waals surface area contributed by atoms with E-state index in [2.05, 4.69) is 18.8 Å². The first-order valence-corrected chi connectivity index (χ1v) is 8.95. The van der Waals surface area contributed by atoms with Crippen molar-refractivity contribution < 1.29 is 8.42 Å². The molecule has 1 aromatic heterocycles. The van der Waals surface area contributed by atoms with Crippen LogP contribution in [0.5, 0.6) is 0 Å².